The molecule has 0 amide bonds. The Labute approximate surface area is 339 Å². The number of esters is 2. The molecule has 9 N–H and O–H groups in total. The van der Waals surface area contributed by atoms with Crippen molar-refractivity contribution in [2.75, 3.05) is 19.8 Å². The summed E-state index contributed by atoms with van der Waals surface area (Å²) in [4.78, 5) is 23.9. The predicted octanol–water partition coefficient (Wildman–Crippen LogP) is 1.93. The van der Waals surface area contributed by atoms with Crippen molar-refractivity contribution in [3.05, 3.63) is 34.9 Å². The summed E-state index contributed by atoms with van der Waals surface area (Å²) in [5.74, 6) is -1.96. The second-order valence-electron chi connectivity index (χ2n) is 16.5. The molecule has 1 aliphatic heterocycles. The number of carbonyl (C=O) groups excluding carboxylic acids is 2. The molecule has 0 aliphatic carbocycles. The molecule has 0 aromatic heterocycles. The maximum absolute atomic E-state index is 12.5. The molecule has 15 heteroatoms. The summed E-state index contributed by atoms with van der Waals surface area (Å²) in [6.07, 6.45) is -6.74. The predicted molar refractivity (Wildman–Crippen MR) is 212 cm³/mol. The van der Waals surface area contributed by atoms with Gasteiger partial charge in [-0.25, -0.2) is 4.79 Å². The van der Waals surface area contributed by atoms with Gasteiger partial charge in [-0.3, -0.25) is 4.79 Å². The van der Waals surface area contributed by atoms with Gasteiger partial charge in [-0.05, 0) is 62.5 Å². The number of carbonyl (C=O) groups is 2. The molecule has 17 atom stereocenters. The Bertz CT molecular complexity index is 1300. The van der Waals surface area contributed by atoms with Crippen molar-refractivity contribution in [3.63, 3.8) is 0 Å². The van der Waals surface area contributed by atoms with Crippen LogP contribution in [0.25, 0.3) is 0 Å². The van der Waals surface area contributed by atoms with E-state index in [1.54, 1.807) is 33.8 Å². The summed E-state index contributed by atoms with van der Waals surface area (Å²) in [6, 6.07) is 0. The highest BCUT2D eigenvalue weighted by atomic mass is 16.7. The highest BCUT2D eigenvalue weighted by Gasteiger charge is 2.46. The summed E-state index contributed by atoms with van der Waals surface area (Å²) in [5.41, 5.74) is 1.30. The Balaban J connectivity index is 3.20. The van der Waals surface area contributed by atoms with Crippen molar-refractivity contribution in [1.29, 1.82) is 0 Å². The van der Waals surface area contributed by atoms with Crippen LogP contribution in [-0.4, -0.2) is 145 Å². The van der Waals surface area contributed by atoms with Gasteiger partial charge in [0.15, 0.2) is 6.29 Å². The van der Waals surface area contributed by atoms with E-state index in [1.807, 2.05) is 19.9 Å². The zero-order valence-corrected chi connectivity index (χ0v) is 35.8. The standard InChI is InChI=1S/C42H74O15/c1-12-21(2)13-22(3)14-27(8)40(57-42-39(52)38(51)37(50)33(56-42)20-54-30(11)44)28(9)16-25(6)34(47)23(4)15-24(5)35(48)26(7)17-29(10)41(53)55-19-32(46)36(49)31(45)18-43/h15-17,21-23,26-28,31-40,42-43,45-52H,12-14,18-20H2,1-11H3/t21?,22?,23?,26?,27?,28?,31-,32-,33?,34?,35?,36-,37-,38+,39?,40?,42+/m1/s1. The first kappa shape index (κ1) is 52.7. The average Bonchev–Trinajstić information content (AvgIpc) is 3.15. The highest BCUT2D eigenvalue weighted by Crippen LogP contribution is 2.33. The molecule has 11 unspecified atom stereocenters. The summed E-state index contributed by atoms with van der Waals surface area (Å²) in [7, 11) is 0. The van der Waals surface area contributed by atoms with E-state index in [1.165, 1.54) is 19.9 Å². The van der Waals surface area contributed by atoms with Crippen molar-refractivity contribution in [2.45, 2.75) is 163 Å². The minimum absolute atomic E-state index is 0.0761. The fraction of sp³-hybridized carbons (Fsp3) is 0.810. The van der Waals surface area contributed by atoms with E-state index in [0.717, 1.165) is 19.3 Å². The van der Waals surface area contributed by atoms with Gasteiger partial charge in [-0.15, -0.1) is 0 Å². The first-order valence-corrected chi connectivity index (χ1v) is 20.2. The van der Waals surface area contributed by atoms with Gasteiger partial charge in [0.2, 0.25) is 0 Å². The number of hydrogen-bond donors (Lipinski definition) is 9. The third-order valence-corrected chi connectivity index (χ3v) is 10.9. The van der Waals surface area contributed by atoms with E-state index in [0.29, 0.717) is 23.0 Å². The van der Waals surface area contributed by atoms with Gasteiger partial charge < -0.3 is 64.9 Å². The summed E-state index contributed by atoms with van der Waals surface area (Å²) < 4.78 is 22.4. The zero-order valence-electron chi connectivity index (χ0n) is 35.8. The molecule has 1 aliphatic rings. The van der Waals surface area contributed by atoms with E-state index >= 15 is 0 Å². The molecule has 57 heavy (non-hydrogen) atoms. The lowest BCUT2D eigenvalue weighted by atomic mass is 9.82. The summed E-state index contributed by atoms with van der Waals surface area (Å²) in [6.45, 7) is 18.4. The molecule has 1 saturated heterocycles. The van der Waals surface area contributed by atoms with E-state index in [2.05, 4.69) is 20.8 Å². The van der Waals surface area contributed by atoms with E-state index in [-0.39, 0.29) is 24.0 Å². The third-order valence-electron chi connectivity index (χ3n) is 10.9. The Kier molecular flexibility index (Phi) is 23.5. The highest BCUT2D eigenvalue weighted by molar-refractivity contribution is 5.87. The molecule has 1 fully saturated rings. The van der Waals surface area contributed by atoms with Crippen LogP contribution in [0.2, 0.25) is 0 Å². The molecule has 0 radical (unpaired) electrons. The topological polar surface area (TPSA) is 253 Å². The quantitative estimate of drug-likeness (QED) is 0.0383. The van der Waals surface area contributed by atoms with Crippen molar-refractivity contribution in [2.24, 2.45) is 35.5 Å². The minimum Gasteiger partial charge on any atom is -0.463 e. The number of aliphatic hydroxyl groups excluding tert-OH is 9. The lowest BCUT2D eigenvalue weighted by molar-refractivity contribution is -0.317. The number of ether oxygens (including phenoxy) is 4. The fourth-order valence-corrected chi connectivity index (χ4v) is 7.35. The molecule has 1 rings (SSSR count). The molecule has 0 spiro atoms. The van der Waals surface area contributed by atoms with Crippen LogP contribution in [0, 0.1) is 35.5 Å². The van der Waals surface area contributed by atoms with Crippen LogP contribution in [0.1, 0.15) is 95.4 Å². The lowest BCUT2D eigenvalue weighted by Crippen LogP contribution is -2.60. The molecule has 15 nitrogen and oxygen atoms in total. The molecular weight excluding hydrogens is 744 g/mol. The maximum atomic E-state index is 12.5. The normalized spacial score (nSPS) is 27.5. The van der Waals surface area contributed by atoms with Gasteiger partial charge in [0.25, 0.3) is 0 Å². The monoisotopic (exact) mass is 819 g/mol. The minimum atomic E-state index is -1.71. The van der Waals surface area contributed by atoms with Gasteiger partial charge in [0.05, 0.1) is 24.9 Å². The van der Waals surface area contributed by atoms with Gasteiger partial charge in [0.1, 0.15) is 55.9 Å². The lowest BCUT2D eigenvalue weighted by Gasteiger charge is -2.43. The van der Waals surface area contributed by atoms with Crippen molar-refractivity contribution in [3.8, 4) is 0 Å². The van der Waals surface area contributed by atoms with Gasteiger partial charge in [0, 0.05) is 30.3 Å². The second kappa shape index (κ2) is 25.4. The van der Waals surface area contributed by atoms with Crippen LogP contribution in [-0.2, 0) is 28.5 Å². The summed E-state index contributed by atoms with van der Waals surface area (Å²) in [5, 5.41) is 92.7. The Morgan fingerprint density at radius 2 is 1.25 bits per heavy atom. The van der Waals surface area contributed by atoms with Crippen molar-refractivity contribution < 1.29 is 74.5 Å². The molecular formula is C42H74O15. The third kappa shape index (κ3) is 17.1. The molecule has 0 aromatic rings. The average molecular weight is 819 g/mol. The summed E-state index contributed by atoms with van der Waals surface area (Å²) >= 11 is 0. The van der Waals surface area contributed by atoms with E-state index < -0.39 is 104 Å². The van der Waals surface area contributed by atoms with E-state index in [9.17, 15) is 50.4 Å². The smallest absolute Gasteiger partial charge is 0.333 e. The number of aliphatic hydroxyl groups is 9. The molecule has 332 valence electrons. The Hall–Kier alpha value is -2.28. The van der Waals surface area contributed by atoms with Crippen LogP contribution in [0.4, 0.5) is 0 Å². The van der Waals surface area contributed by atoms with Crippen LogP contribution < -0.4 is 0 Å². The largest absolute Gasteiger partial charge is 0.463 e. The van der Waals surface area contributed by atoms with Crippen LogP contribution >= 0.6 is 0 Å². The second-order valence-corrected chi connectivity index (χ2v) is 16.5. The molecule has 1 heterocycles. The van der Waals surface area contributed by atoms with Crippen LogP contribution in [0.15, 0.2) is 34.9 Å². The molecule has 0 aromatic carbocycles. The Morgan fingerprint density at radius 3 is 1.77 bits per heavy atom. The van der Waals surface area contributed by atoms with Crippen molar-refractivity contribution >= 4 is 11.9 Å². The van der Waals surface area contributed by atoms with Crippen molar-refractivity contribution in [1.82, 2.24) is 0 Å². The van der Waals surface area contributed by atoms with E-state index in [4.69, 9.17) is 24.1 Å². The first-order chi connectivity index (χ1) is 26.5. The van der Waals surface area contributed by atoms with Gasteiger partial charge >= 0.3 is 11.9 Å². The number of hydrogen-bond acceptors (Lipinski definition) is 15. The van der Waals surface area contributed by atoms with Crippen LogP contribution in [0.5, 0.6) is 0 Å². The van der Waals surface area contributed by atoms with Gasteiger partial charge in [-0.2, -0.15) is 0 Å². The SMILES string of the molecule is CCC(C)CC(C)CC(C)C(O[C@@H]1OC(COC(C)=O)[C@@H](O)[C@H](O)C1O)C(C)C=C(C)C(O)C(C)C=C(C)C(O)C(C)C=C(C)C(=O)OC[C@@H](O)[C@H](O)[C@H](O)CO. The molecule has 0 bridgehead atoms. The van der Waals surface area contributed by atoms with Gasteiger partial charge in [-0.1, -0.05) is 73.1 Å². The maximum Gasteiger partial charge on any atom is 0.333 e. The fourth-order valence-electron chi connectivity index (χ4n) is 7.35. The first-order valence-electron chi connectivity index (χ1n) is 20.2. The van der Waals surface area contributed by atoms with Crippen LogP contribution in [0.3, 0.4) is 0 Å². The number of rotatable bonds is 24. The molecule has 0 saturated carbocycles. The zero-order chi connectivity index (χ0) is 43.9. The Morgan fingerprint density at radius 1 is 0.702 bits per heavy atom.